The lowest BCUT2D eigenvalue weighted by Gasteiger charge is -2.10. The zero-order chi connectivity index (χ0) is 13.3. The molecule has 0 aliphatic rings. The Morgan fingerprint density at radius 1 is 1.12 bits per heavy atom. The summed E-state index contributed by atoms with van der Waals surface area (Å²) in [4.78, 5) is 0. The molecule has 0 aliphatic carbocycles. The summed E-state index contributed by atoms with van der Waals surface area (Å²) in [6, 6.07) is 0. The van der Waals surface area contributed by atoms with E-state index in [9.17, 15) is 0 Å². The molecule has 0 fully saturated rings. The molecule has 0 aromatic rings. The third-order valence-electron chi connectivity index (χ3n) is 2.46. The highest BCUT2D eigenvalue weighted by atomic mass is 14.1. The molecule has 0 aromatic carbocycles. The van der Waals surface area contributed by atoms with Crippen LogP contribution < -0.4 is 0 Å². The Bertz CT molecular complexity index is 361. The van der Waals surface area contributed by atoms with Crippen molar-refractivity contribution in [1.82, 2.24) is 0 Å². The molecule has 0 atom stereocenters. The highest BCUT2D eigenvalue weighted by Crippen LogP contribution is 2.22. The fourth-order valence-corrected chi connectivity index (χ4v) is 1.39. The molecule has 0 amide bonds. The Morgan fingerprint density at radius 2 is 1.76 bits per heavy atom. The molecule has 0 saturated heterocycles. The SMILES string of the molecule is C=C/C=C(/CCCC)C(=C)C(=C)/C=C\C(=C)C. The van der Waals surface area contributed by atoms with Gasteiger partial charge in [0.25, 0.3) is 0 Å². The first-order chi connectivity index (χ1) is 8.02. The van der Waals surface area contributed by atoms with Crippen LogP contribution in [0.15, 0.2) is 72.9 Å². The van der Waals surface area contributed by atoms with Gasteiger partial charge >= 0.3 is 0 Å². The van der Waals surface area contributed by atoms with Gasteiger partial charge in [-0.3, -0.25) is 0 Å². The van der Waals surface area contributed by atoms with E-state index in [1.807, 2.05) is 31.2 Å². The predicted molar refractivity (Wildman–Crippen MR) is 80.0 cm³/mol. The number of hydrogen-bond donors (Lipinski definition) is 0. The van der Waals surface area contributed by atoms with Crippen LogP contribution in [0.4, 0.5) is 0 Å². The van der Waals surface area contributed by atoms with E-state index in [4.69, 9.17) is 0 Å². The van der Waals surface area contributed by atoms with Gasteiger partial charge in [0.05, 0.1) is 0 Å². The minimum atomic E-state index is 0.942. The molecule has 0 heteroatoms. The molecule has 0 unspecified atom stereocenters. The average Bonchev–Trinajstić information content (AvgIpc) is 2.30. The number of unbranched alkanes of at least 4 members (excludes halogenated alkanes) is 1. The van der Waals surface area contributed by atoms with E-state index in [0.717, 1.165) is 29.6 Å². The summed E-state index contributed by atoms with van der Waals surface area (Å²) in [5.41, 5.74) is 4.17. The van der Waals surface area contributed by atoms with E-state index in [-0.39, 0.29) is 0 Å². The maximum Gasteiger partial charge on any atom is -0.0230 e. The van der Waals surface area contributed by atoms with Crippen molar-refractivity contribution in [2.24, 2.45) is 0 Å². The van der Waals surface area contributed by atoms with Crippen LogP contribution in [0, 0.1) is 0 Å². The number of hydrogen-bond acceptors (Lipinski definition) is 0. The van der Waals surface area contributed by atoms with Crippen LogP contribution in [0.25, 0.3) is 0 Å². The molecule has 0 bridgehead atoms. The maximum atomic E-state index is 4.11. The van der Waals surface area contributed by atoms with Crippen molar-refractivity contribution in [3.8, 4) is 0 Å². The van der Waals surface area contributed by atoms with Crippen LogP contribution >= 0.6 is 0 Å². The molecule has 0 spiro atoms. The third kappa shape index (κ3) is 6.57. The number of rotatable bonds is 8. The summed E-state index contributed by atoms with van der Waals surface area (Å²) in [6.07, 6.45) is 11.1. The summed E-state index contributed by atoms with van der Waals surface area (Å²) in [6.45, 7) is 19.9. The second-order valence-corrected chi connectivity index (χ2v) is 4.21. The molecule has 0 aromatic heterocycles. The van der Waals surface area contributed by atoms with Crippen LogP contribution in [0.5, 0.6) is 0 Å². The molecule has 92 valence electrons. The van der Waals surface area contributed by atoms with Crippen LogP contribution in [-0.2, 0) is 0 Å². The van der Waals surface area contributed by atoms with Crippen LogP contribution in [0.3, 0.4) is 0 Å². The molecule has 0 nitrogen and oxygen atoms in total. The van der Waals surface area contributed by atoms with Crippen molar-refractivity contribution < 1.29 is 0 Å². The van der Waals surface area contributed by atoms with Gasteiger partial charge < -0.3 is 0 Å². The minimum absolute atomic E-state index is 0.942. The van der Waals surface area contributed by atoms with E-state index in [1.54, 1.807) is 0 Å². The van der Waals surface area contributed by atoms with Gasteiger partial charge in [-0.1, -0.05) is 69.5 Å². The van der Waals surface area contributed by atoms with Crippen LogP contribution in [0.2, 0.25) is 0 Å². The fourth-order valence-electron chi connectivity index (χ4n) is 1.39. The van der Waals surface area contributed by atoms with Crippen molar-refractivity contribution in [2.75, 3.05) is 0 Å². The average molecular weight is 228 g/mol. The zero-order valence-electron chi connectivity index (χ0n) is 11.3. The van der Waals surface area contributed by atoms with Gasteiger partial charge in [-0.15, -0.1) is 0 Å². The standard InChI is InChI=1S/C17H24/c1-7-9-11-17(10-8-2)16(6)15(5)13-12-14(3)4/h8,10,12-13H,2-3,5-7,9,11H2,1,4H3/b13-12-,17-10-. The van der Waals surface area contributed by atoms with Crippen LogP contribution in [-0.4, -0.2) is 0 Å². The summed E-state index contributed by atoms with van der Waals surface area (Å²) in [5, 5.41) is 0. The topological polar surface area (TPSA) is 0 Å². The summed E-state index contributed by atoms with van der Waals surface area (Å²) < 4.78 is 0. The highest BCUT2D eigenvalue weighted by molar-refractivity contribution is 5.50. The van der Waals surface area contributed by atoms with Crippen molar-refractivity contribution in [2.45, 2.75) is 33.1 Å². The quantitative estimate of drug-likeness (QED) is 0.479. The molecule has 0 N–H and O–H groups in total. The molecule has 0 rings (SSSR count). The molecule has 0 heterocycles. The lowest BCUT2D eigenvalue weighted by molar-refractivity contribution is 0.793. The first-order valence-electron chi connectivity index (χ1n) is 6.06. The summed E-state index contributed by atoms with van der Waals surface area (Å²) in [7, 11) is 0. The fraction of sp³-hybridized carbons (Fsp3) is 0.294. The number of allylic oxidation sites excluding steroid dienone is 8. The van der Waals surface area contributed by atoms with Crippen molar-refractivity contribution in [3.63, 3.8) is 0 Å². The Kier molecular flexibility index (Phi) is 7.79. The van der Waals surface area contributed by atoms with E-state index in [2.05, 4.69) is 33.2 Å². The van der Waals surface area contributed by atoms with Gasteiger partial charge in [0.1, 0.15) is 0 Å². The van der Waals surface area contributed by atoms with E-state index < -0.39 is 0 Å². The van der Waals surface area contributed by atoms with Gasteiger partial charge in [0, 0.05) is 0 Å². The van der Waals surface area contributed by atoms with Gasteiger partial charge in [-0.25, -0.2) is 0 Å². The lowest BCUT2D eigenvalue weighted by Crippen LogP contribution is -1.91. The molecule has 0 aliphatic heterocycles. The molecule has 0 radical (unpaired) electrons. The minimum Gasteiger partial charge on any atom is -0.0991 e. The second-order valence-electron chi connectivity index (χ2n) is 4.21. The van der Waals surface area contributed by atoms with Crippen molar-refractivity contribution >= 4 is 0 Å². The normalized spacial score (nSPS) is 11.5. The van der Waals surface area contributed by atoms with Gasteiger partial charge in [-0.05, 0) is 36.5 Å². The smallest absolute Gasteiger partial charge is 0.0230 e. The Hall–Kier alpha value is -1.56. The second kappa shape index (κ2) is 8.58. The Balaban J connectivity index is 4.72. The predicted octanol–water partition coefficient (Wildman–Crippen LogP) is 5.53. The highest BCUT2D eigenvalue weighted by Gasteiger charge is 2.03. The summed E-state index contributed by atoms with van der Waals surface area (Å²) >= 11 is 0. The van der Waals surface area contributed by atoms with Gasteiger partial charge in [0.2, 0.25) is 0 Å². The summed E-state index contributed by atoms with van der Waals surface area (Å²) in [5.74, 6) is 0. The van der Waals surface area contributed by atoms with Gasteiger partial charge in [0.15, 0.2) is 0 Å². The molecule has 0 saturated carbocycles. The van der Waals surface area contributed by atoms with E-state index in [0.29, 0.717) is 0 Å². The largest absolute Gasteiger partial charge is 0.0991 e. The van der Waals surface area contributed by atoms with Gasteiger partial charge in [-0.2, -0.15) is 0 Å². The lowest BCUT2D eigenvalue weighted by atomic mass is 9.95. The third-order valence-corrected chi connectivity index (χ3v) is 2.46. The first kappa shape index (κ1) is 15.4. The molecular formula is C17H24. The molecule has 17 heavy (non-hydrogen) atoms. The monoisotopic (exact) mass is 228 g/mol. The van der Waals surface area contributed by atoms with Crippen LogP contribution in [0.1, 0.15) is 33.1 Å². The Morgan fingerprint density at radius 3 is 2.24 bits per heavy atom. The van der Waals surface area contributed by atoms with Crippen molar-refractivity contribution in [1.29, 1.82) is 0 Å². The molecular weight excluding hydrogens is 204 g/mol. The van der Waals surface area contributed by atoms with E-state index >= 15 is 0 Å². The maximum absolute atomic E-state index is 4.11. The Labute approximate surface area is 106 Å². The first-order valence-corrected chi connectivity index (χ1v) is 6.06. The zero-order valence-corrected chi connectivity index (χ0v) is 11.3. The van der Waals surface area contributed by atoms with Crippen molar-refractivity contribution in [3.05, 3.63) is 72.9 Å². The van der Waals surface area contributed by atoms with E-state index in [1.165, 1.54) is 12.0 Å².